The van der Waals surface area contributed by atoms with E-state index in [2.05, 4.69) is 35.1 Å². The maximum absolute atomic E-state index is 12.6. The van der Waals surface area contributed by atoms with Crippen molar-refractivity contribution < 1.29 is 9.53 Å². The predicted octanol–water partition coefficient (Wildman–Crippen LogP) is 5.79. The molecule has 0 saturated heterocycles. The first-order valence-corrected chi connectivity index (χ1v) is 11.0. The van der Waals surface area contributed by atoms with Crippen LogP contribution in [0.2, 0.25) is 0 Å². The molecule has 7 nitrogen and oxygen atoms in total. The monoisotopic (exact) mass is 457 g/mol. The Morgan fingerprint density at radius 3 is 2.59 bits per heavy atom. The number of hydrogen-bond acceptors (Lipinski definition) is 5. The Morgan fingerprint density at radius 2 is 2.03 bits per heavy atom. The molecule has 0 aliphatic rings. The zero-order valence-electron chi connectivity index (χ0n) is 20.2. The molecule has 1 heterocycles. The standard InChI is InChI=1S/C27H31N5O2/c1-7-10-11-22(9-3)34-23-14-12-21(13-15-23)31-25(19(4)17-28)26-20(5)24(18-32(26)29-6)27(33)30-16-8-2/h7,9-15,18,31H,3,6,8,16H2,1-2,4-5H3,(H,30,33)/b10-7-,22-11+,25-19-. The third-order valence-electron chi connectivity index (χ3n) is 4.97. The zero-order chi connectivity index (χ0) is 25.1. The molecule has 2 N–H and O–H groups in total. The van der Waals surface area contributed by atoms with E-state index < -0.39 is 0 Å². The Balaban J connectivity index is 2.40. The second kappa shape index (κ2) is 12.7. The summed E-state index contributed by atoms with van der Waals surface area (Å²) in [5.41, 5.74) is 3.49. The average molecular weight is 458 g/mol. The molecule has 7 heteroatoms. The topological polar surface area (TPSA) is 91.4 Å². The van der Waals surface area contributed by atoms with Crippen LogP contribution in [-0.2, 0) is 0 Å². The van der Waals surface area contributed by atoms with Crippen molar-refractivity contribution in [2.75, 3.05) is 11.9 Å². The highest BCUT2D eigenvalue weighted by Gasteiger charge is 2.22. The van der Waals surface area contributed by atoms with Crippen molar-refractivity contribution in [1.29, 1.82) is 5.26 Å². The lowest BCUT2D eigenvalue weighted by Crippen LogP contribution is -2.24. The summed E-state index contributed by atoms with van der Waals surface area (Å²) in [4.78, 5) is 12.6. The number of nitriles is 1. The minimum Gasteiger partial charge on any atom is -0.457 e. The van der Waals surface area contributed by atoms with Crippen molar-refractivity contribution >= 4 is 24.0 Å². The summed E-state index contributed by atoms with van der Waals surface area (Å²) >= 11 is 0. The van der Waals surface area contributed by atoms with E-state index in [9.17, 15) is 10.1 Å². The molecule has 0 spiro atoms. The Labute approximate surface area is 201 Å². The Bertz CT molecular complexity index is 1170. The lowest BCUT2D eigenvalue weighted by Gasteiger charge is -2.15. The Morgan fingerprint density at radius 1 is 1.32 bits per heavy atom. The minimum absolute atomic E-state index is 0.192. The van der Waals surface area contributed by atoms with Crippen molar-refractivity contribution in [3.05, 3.63) is 89.5 Å². The van der Waals surface area contributed by atoms with Crippen LogP contribution in [0.4, 0.5) is 5.69 Å². The van der Waals surface area contributed by atoms with Gasteiger partial charge in [0.15, 0.2) is 0 Å². The molecule has 0 aliphatic heterocycles. The quantitative estimate of drug-likeness (QED) is 0.193. The minimum atomic E-state index is -0.192. The first-order valence-electron chi connectivity index (χ1n) is 11.0. The first kappa shape index (κ1) is 25.9. The number of aromatic nitrogens is 1. The normalized spacial score (nSPS) is 12.0. The molecule has 0 radical (unpaired) electrons. The number of carbonyl (C=O) groups excluding carboxylic acids is 1. The van der Waals surface area contributed by atoms with Gasteiger partial charge in [-0.05, 0) is 69.2 Å². The van der Waals surface area contributed by atoms with Gasteiger partial charge in [0.1, 0.15) is 11.5 Å². The smallest absolute Gasteiger partial charge is 0.253 e. The van der Waals surface area contributed by atoms with E-state index in [1.807, 2.05) is 63.3 Å². The van der Waals surface area contributed by atoms with Gasteiger partial charge >= 0.3 is 0 Å². The summed E-state index contributed by atoms with van der Waals surface area (Å²) < 4.78 is 7.34. The van der Waals surface area contributed by atoms with Crippen LogP contribution in [0, 0.1) is 18.3 Å². The van der Waals surface area contributed by atoms with Gasteiger partial charge in [0.05, 0.1) is 28.6 Å². The Kier molecular flexibility index (Phi) is 9.66. The predicted molar refractivity (Wildman–Crippen MR) is 139 cm³/mol. The molecule has 1 aromatic carbocycles. The summed E-state index contributed by atoms with van der Waals surface area (Å²) in [6.45, 7) is 15.4. The summed E-state index contributed by atoms with van der Waals surface area (Å²) in [6.07, 6.45) is 9.69. The van der Waals surface area contributed by atoms with E-state index in [4.69, 9.17) is 4.74 Å². The fourth-order valence-electron chi connectivity index (χ4n) is 3.17. The van der Waals surface area contributed by atoms with Crippen molar-refractivity contribution in [3.8, 4) is 11.8 Å². The largest absolute Gasteiger partial charge is 0.457 e. The number of carbonyl (C=O) groups is 1. The van der Waals surface area contributed by atoms with Crippen LogP contribution in [-0.4, -0.2) is 23.8 Å². The second-order valence-electron chi connectivity index (χ2n) is 7.42. The lowest BCUT2D eigenvalue weighted by molar-refractivity contribution is 0.0953. The Hall–Kier alpha value is -4.31. The van der Waals surface area contributed by atoms with Gasteiger partial charge in [-0.25, -0.2) is 4.68 Å². The molecule has 0 fully saturated rings. The highest BCUT2D eigenvalue weighted by Crippen LogP contribution is 2.29. The third-order valence-corrected chi connectivity index (χ3v) is 4.97. The van der Waals surface area contributed by atoms with E-state index in [-0.39, 0.29) is 5.91 Å². The van der Waals surface area contributed by atoms with Crippen LogP contribution < -0.4 is 15.4 Å². The number of anilines is 1. The number of allylic oxidation sites excluding steroid dienone is 5. The molecule has 2 rings (SSSR count). The van der Waals surface area contributed by atoms with E-state index in [0.29, 0.717) is 46.1 Å². The molecule has 0 unspecified atom stereocenters. The van der Waals surface area contributed by atoms with Gasteiger partial charge in [-0.1, -0.05) is 25.7 Å². The van der Waals surface area contributed by atoms with Crippen molar-refractivity contribution in [2.45, 2.75) is 34.1 Å². The molecule has 2 aromatic rings. The molecule has 0 bridgehead atoms. The maximum atomic E-state index is 12.6. The summed E-state index contributed by atoms with van der Waals surface area (Å²) in [7, 11) is 0. The third kappa shape index (κ3) is 6.36. The van der Waals surface area contributed by atoms with Gasteiger partial charge in [0.2, 0.25) is 0 Å². The van der Waals surface area contributed by atoms with Gasteiger partial charge in [-0.2, -0.15) is 10.4 Å². The molecular weight excluding hydrogens is 426 g/mol. The number of rotatable bonds is 11. The molecular formula is C27H31N5O2. The van der Waals surface area contributed by atoms with Gasteiger partial charge in [-0.3, -0.25) is 4.79 Å². The number of amides is 1. The van der Waals surface area contributed by atoms with E-state index in [0.717, 1.165) is 12.1 Å². The van der Waals surface area contributed by atoms with Gasteiger partial charge in [0.25, 0.3) is 5.91 Å². The van der Waals surface area contributed by atoms with Crippen LogP contribution in [0.5, 0.6) is 5.75 Å². The van der Waals surface area contributed by atoms with Crippen LogP contribution in [0.25, 0.3) is 5.70 Å². The van der Waals surface area contributed by atoms with E-state index >= 15 is 0 Å². The number of hydrogen-bond donors (Lipinski definition) is 2. The first-order chi connectivity index (χ1) is 16.4. The van der Waals surface area contributed by atoms with Gasteiger partial charge < -0.3 is 15.4 Å². The van der Waals surface area contributed by atoms with Gasteiger partial charge in [0, 0.05) is 25.1 Å². The van der Waals surface area contributed by atoms with Gasteiger partial charge in [-0.15, -0.1) is 0 Å². The molecule has 1 aromatic heterocycles. The molecule has 0 saturated carbocycles. The van der Waals surface area contributed by atoms with Crippen molar-refractivity contribution in [3.63, 3.8) is 0 Å². The number of ether oxygens (including phenoxy) is 1. The molecule has 0 aliphatic carbocycles. The van der Waals surface area contributed by atoms with Crippen LogP contribution >= 0.6 is 0 Å². The van der Waals surface area contributed by atoms with Crippen LogP contribution in [0.15, 0.2) is 77.8 Å². The fraction of sp³-hybridized carbons (Fsp3) is 0.222. The number of benzene rings is 1. The van der Waals surface area contributed by atoms with E-state index in [1.54, 1.807) is 19.2 Å². The maximum Gasteiger partial charge on any atom is 0.253 e. The van der Waals surface area contributed by atoms with Crippen molar-refractivity contribution in [1.82, 2.24) is 9.99 Å². The highest BCUT2D eigenvalue weighted by atomic mass is 16.5. The fourth-order valence-corrected chi connectivity index (χ4v) is 3.17. The highest BCUT2D eigenvalue weighted by molar-refractivity contribution is 5.97. The van der Waals surface area contributed by atoms with Crippen LogP contribution in [0.3, 0.4) is 0 Å². The average Bonchev–Trinajstić information content (AvgIpc) is 3.19. The molecule has 0 atom stereocenters. The summed E-state index contributed by atoms with van der Waals surface area (Å²) in [6, 6.07) is 9.51. The molecule has 34 heavy (non-hydrogen) atoms. The molecule has 1 amide bonds. The summed E-state index contributed by atoms with van der Waals surface area (Å²) in [5.74, 6) is 1.08. The number of nitrogens with one attached hydrogen (secondary N) is 2. The number of nitrogens with zero attached hydrogens (tertiary/aromatic N) is 3. The van der Waals surface area contributed by atoms with Crippen molar-refractivity contribution in [2.24, 2.45) is 5.10 Å². The lowest BCUT2D eigenvalue weighted by atomic mass is 10.1. The summed E-state index contributed by atoms with van der Waals surface area (Å²) in [5, 5.41) is 19.9. The van der Waals surface area contributed by atoms with Crippen LogP contribution in [0.1, 0.15) is 48.8 Å². The van der Waals surface area contributed by atoms with E-state index in [1.165, 1.54) is 4.68 Å². The zero-order valence-corrected chi connectivity index (χ0v) is 20.2. The SMILES string of the molecule is C=C/C(=C\C=C/C)Oc1ccc(N/C(=C(/C)C#N)c2c(C)c(C(=O)NCCC)cn2N=C)cc1. The second-order valence-corrected chi connectivity index (χ2v) is 7.42. The molecule has 176 valence electrons.